The lowest BCUT2D eigenvalue weighted by atomic mass is 10.0. The fraction of sp³-hybridized carbons (Fsp3) is 0.562. The Bertz CT molecular complexity index is 484. The van der Waals surface area contributed by atoms with E-state index < -0.39 is 0 Å². The Morgan fingerprint density at radius 2 is 1.80 bits per heavy atom. The number of fused-ring (bicyclic) bond motifs is 1. The normalized spacial score (nSPS) is 13.3. The van der Waals surface area contributed by atoms with Gasteiger partial charge >= 0.3 is 0 Å². The van der Waals surface area contributed by atoms with Crippen LogP contribution in [0.15, 0.2) is 12.1 Å². The Morgan fingerprint density at radius 3 is 2.40 bits per heavy atom. The lowest BCUT2D eigenvalue weighted by Crippen LogP contribution is -3.00. The Kier molecular flexibility index (Phi) is 6.34. The van der Waals surface area contributed by atoms with Crippen molar-refractivity contribution in [3.63, 3.8) is 0 Å². The monoisotopic (exact) mass is 297 g/mol. The summed E-state index contributed by atoms with van der Waals surface area (Å²) in [7, 11) is 3.37. The molecule has 0 aromatic heterocycles. The Morgan fingerprint density at radius 1 is 1.15 bits per heavy atom. The van der Waals surface area contributed by atoms with Crippen LogP contribution in [-0.4, -0.2) is 38.1 Å². The van der Waals surface area contributed by atoms with Crippen molar-refractivity contribution in [3.05, 3.63) is 23.3 Å². The van der Waals surface area contributed by atoms with Crippen molar-refractivity contribution >= 4 is 6.21 Å². The highest BCUT2D eigenvalue weighted by Crippen LogP contribution is 2.31. The highest BCUT2D eigenvalue weighted by molar-refractivity contribution is 5.80. The number of rotatable bonds is 5. The average molecular weight is 298 g/mol. The smallest absolute Gasteiger partial charge is 0.171 e. The van der Waals surface area contributed by atoms with Crippen LogP contribution in [0.1, 0.15) is 31.4 Å². The summed E-state index contributed by atoms with van der Waals surface area (Å²) >= 11 is 0. The molecule has 0 fully saturated rings. The zero-order valence-electron chi connectivity index (χ0n) is 12.8. The average Bonchev–Trinajstić information content (AvgIpc) is 2.43. The van der Waals surface area contributed by atoms with Gasteiger partial charge in [0.05, 0.1) is 14.2 Å². The summed E-state index contributed by atoms with van der Waals surface area (Å²) < 4.78 is 13.1. The molecule has 0 radical (unpaired) electrons. The molecule has 1 aromatic rings. The lowest BCUT2D eigenvalue weighted by molar-refractivity contribution is -0.525. The number of benzene rings is 1. The molecule has 20 heavy (non-hydrogen) atoms. The summed E-state index contributed by atoms with van der Waals surface area (Å²) in [5.74, 6) is 2.38. The van der Waals surface area contributed by atoms with Gasteiger partial charge in [-0.15, -0.1) is 0 Å². The summed E-state index contributed by atoms with van der Waals surface area (Å²) in [6.07, 6.45) is 4.56. The molecule has 1 heterocycles. The van der Waals surface area contributed by atoms with Crippen molar-refractivity contribution in [2.45, 2.75) is 26.7 Å². The van der Waals surface area contributed by atoms with Gasteiger partial charge in [-0.25, -0.2) is 4.58 Å². The van der Waals surface area contributed by atoms with E-state index in [2.05, 4.69) is 36.8 Å². The van der Waals surface area contributed by atoms with Gasteiger partial charge in [0.25, 0.3) is 0 Å². The number of methoxy groups -OCH3 is 2. The van der Waals surface area contributed by atoms with Gasteiger partial charge < -0.3 is 21.9 Å². The zero-order valence-corrected chi connectivity index (χ0v) is 13.5. The van der Waals surface area contributed by atoms with Crippen LogP contribution in [0.4, 0.5) is 0 Å². The maximum Gasteiger partial charge on any atom is 0.171 e. The first-order valence-electron chi connectivity index (χ1n) is 6.98. The van der Waals surface area contributed by atoms with Crippen molar-refractivity contribution in [2.75, 3.05) is 27.3 Å². The first-order valence-corrected chi connectivity index (χ1v) is 6.98. The van der Waals surface area contributed by atoms with E-state index in [1.807, 2.05) is 0 Å². The summed E-state index contributed by atoms with van der Waals surface area (Å²) in [5, 5.41) is 0. The van der Waals surface area contributed by atoms with Crippen molar-refractivity contribution < 1.29 is 26.5 Å². The number of hydrogen-bond donors (Lipinski definition) is 0. The maximum absolute atomic E-state index is 5.37. The molecule has 0 unspecified atom stereocenters. The molecule has 0 amide bonds. The minimum Gasteiger partial charge on any atom is -1.00 e. The molecule has 1 aliphatic rings. The van der Waals surface area contributed by atoms with Crippen molar-refractivity contribution in [1.82, 2.24) is 0 Å². The third kappa shape index (κ3) is 3.89. The van der Waals surface area contributed by atoms with Crippen LogP contribution >= 0.6 is 0 Å². The standard InChI is InChI=1S/C16H24NO2.ClH/c1-12(2)5-7-17-8-6-13-9-15(18-3)16(19-4)10-14(13)11-17;/h9-12H,5-8H2,1-4H3;1H/q+1;/p-1. The van der Waals surface area contributed by atoms with E-state index in [9.17, 15) is 0 Å². The predicted molar refractivity (Wildman–Crippen MR) is 77.9 cm³/mol. The minimum absolute atomic E-state index is 0. The van der Waals surface area contributed by atoms with Crippen LogP contribution in [0, 0.1) is 5.92 Å². The molecule has 0 spiro atoms. The summed E-state index contributed by atoms with van der Waals surface area (Å²) in [6.45, 7) is 6.76. The van der Waals surface area contributed by atoms with Gasteiger partial charge in [-0.05, 0) is 23.6 Å². The Labute approximate surface area is 128 Å². The van der Waals surface area contributed by atoms with Crippen LogP contribution in [-0.2, 0) is 6.42 Å². The van der Waals surface area contributed by atoms with Gasteiger partial charge in [0.1, 0.15) is 13.1 Å². The maximum atomic E-state index is 5.37. The van der Waals surface area contributed by atoms with E-state index >= 15 is 0 Å². The molecule has 0 bridgehead atoms. The molecule has 112 valence electrons. The molecule has 0 aliphatic carbocycles. The van der Waals surface area contributed by atoms with E-state index in [0.717, 1.165) is 36.9 Å². The minimum atomic E-state index is 0. The van der Waals surface area contributed by atoms with E-state index in [0.29, 0.717) is 0 Å². The molecule has 0 N–H and O–H groups in total. The van der Waals surface area contributed by atoms with Crippen LogP contribution in [0.2, 0.25) is 0 Å². The molecule has 4 heteroatoms. The lowest BCUT2D eigenvalue weighted by Gasteiger charge is -2.16. The fourth-order valence-electron chi connectivity index (χ4n) is 2.40. The second-order valence-corrected chi connectivity index (χ2v) is 5.50. The second-order valence-electron chi connectivity index (χ2n) is 5.50. The zero-order chi connectivity index (χ0) is 13.8. The van der Waals surface area contributed by atoms with E-state index in [1.165, 1.54) is 17.5 Å². The molecule has 1 aliphatic heterocycles. The van der Waals surface area contributed by atoms with E-state index in [-0.39, 0.29) is 12.4 Å². The SMILES string of the molecule is COc1cc2c(cc1OC)CC[N+](CCC(C)C)=C2.[Cl-]. The van der Waals surface area contributed by atoms with Gasteiger partial charge in [-0.2, -0.15) is 0 Å². The van der Waals surface area contributed by atoms with Crippen LogP contribution in [0.5, 0.6) is 11.5 Å². The third-order valence-corrected chi connectivity index (χ3v) is 3.63. The van der Waals surface area contributed by atoms with Crippen molar-refractivity contribution in [3.8, 4) is 11.5 Å². The first kappa shape index (κ1) is 16.8. The highest BCUT2D eigenvalue weighted by Gasteiger charge is 2.19. The molecule has 2 rings (SSSR count). The van der Waals surface area contributed by atoms with Crippen molar-refractivity contribution in [2.24, 2.45) is 5.92 Å². The van der Waals surface area contributed by atoms with Crippen LogP contribution in [0.25, 0.3) is 0 Å². The van der Waals surface area contributed by atoms with Gasteiger partial charge in [0.2, 0.25) is 0 Å². The second kappa shape index (κ2) is 7.53. The highest BCUT2D eigenvalue weighted by atomic mass is 35.5. The van der Waals surface area contributed by atoms with E-state index in [1.54, 1.807) is 14.2 Å². The topological polar surface area (TPSA) is 21.5 Å². The number of ether oxygens (including phenoxy) is 2. The number of nitrogens with zero attached hydrogens (tertiary/aromatic N) is 1. The van der Waals surface area contributed by atoms with Gasteiger partial charge in [0.15, 0.2) is 17.7 Å². The van der Waals surface area contributed by atoms with E-state index in [4.69, 9.17) is 9.47 Å². The Hall–Kier alpha value is -1.22. The summed E-state index contributed by atoms with van der Waals surface area (Å²) in [5.41, 5.74) is 2.60. The molecule has 0 atom stereocenters. The van der Waals surface area contributed by atoms with Crippen LogP contribution in [0.3, 0.4) is 0 Å². The molecule has 0 saturated carbocycles. The molecular formula is C16H24ClNO2. The van der Waals surface area contributed by atoms with Crippen LogP contribution < -0.4 is 21.9 Å². The first-order chi connectivity index (χ1) is 9.13. The molecule has 0 saturated heterocycles. The third-order valence-electron chi connectivity index (χ3n) is 3.63. The molecule has 3 nitrogen and oxygen atoms in total. The van der Waals surface area contributed by atoms with Gasteiger partial charge in [0, 0.05) is 18.4 Å². The summed E-state index contributed by atoms with van der Waals surface area (Å²) in [6, 6.07) is 4.18. The summed E-state index contributed by atoms with van der Waals surface area (Å²) in [4.78, 5) is 0. The van der Waals surface area contributed by atoms with Gasteiger partial charge in [-0.3, -0.25) is 0 Å². The molecular weight excluding hydrogens is 274 g/mol. The Balaban J connectivity index is 0.00000200. The quantitative estimate of drug-likeness (QED) is 0.699. The molecule has 1 aromatic carbocycles. The fourth-order valence-corrected chi connectivity index (χ4v) is 2.40. The van der Waals surface area contributed by atoms with Crippen molar-refractivity contribution in [1.29, 1.82) is 0 Å². The predicted octanol–water partition coefficient (Wildman–Crippen LogP) is -0.259. The number of halogens is 1. The number of hydrogen-bond acceptors (Lipinski definition) is 2. The van der Waals surface area contributed by atoms with Gasteiger partial charge in [-0.1, -0.05) is 13.8 Å². The largest absolute Gasteiger partial charge is 1.00 e.